The van der Waals surface area contributed by atoms with Crippen LogP contribution in [0.3, 0.4) is 0 Å². The van der Waals surface area contributed by atoms with Crippen molar-refractivity contribution in [2.24, 2.45) is 17.3 Å². The smallest absolute Gasteiger partial charge is 0.396 e. The Labute approximate surface area is 181 Å². The Kier molecular flexibility index (Phi) is 7.55. The molecule has 0 amide bonds. The lowest BCUT2D eigenvalue weighted by molar-refractivity contribution is -0.835. The standard InChI is InChI=1S/C25H43BN3/c1-5-7-9-11-14-28-23(18-27)21-17-20(3)24(28)25(4)19-29(26,16-13-22(21)25)15-12-10-8-6-2/h17,21-24H,5-16,19H2,1-4H3/q+1/t21-,22+,23+,24+,25+,29+/m1/s1. The zero-order chi connectivity index (χ0) is 21.1. The maximum atomic E-state index is 10.1. The first-order valence-electron chi connectivity index (χ1n) is 12.4. The van der Waals surface area contributed by atoms with Crippen LogP contribution in [0.5, 0.6) is 0 Å². The number of fused-ring (bicyclic) bond motifs is 1. The van der Waals surface area contributed by atoms with E-state index in [-0.39, 0.29) is 11.5 Å². The Hall–Kier alpha value is -0.785. The second-order valence-corrected chi connectivity index (χ2v) is 10.5. The molecule has 0 spiro atoms. The quantitative estimate of drug-likeness (QED) is 0.287. The number of rotatable bonds is 10. The third kappa shape index (κ3) is 4.47. The molecular weight excluding hydrogens is 353 g/mol. The van der Waals surface area contributed by atoms with Crippen molar-refractivity contribution >= 4 is 7.98 Å². The number of hydrogen-bond donors (Lipinski definition) is 0. The van der Waals surface area contributed by atoms with Crippen molar-refractivity contribution in [1.29, 1.82) is 5.26 Å². The van der Waals surface area contributed by atoms with Crippen LogP contribution >= 0.6 is 0 Å². The van der Waals surface area contributed by atoms with Crippen LogP contribution < -0.4 is 0 Å². The maximum absolute atomic E-state index is 10.1. The minimum Gasteiger partial charge on any atom is -0.396 e. The molecule has 0 aromatic carbocycles. The summed E-state index contributed by atoms with van der Waals surface area (Å²) in [5.74, 6) is 0.994. The number of unbranched alkanes of at least 4 members (excludes halogenated alkanes) is 6. The lowest BCUT2D eigenvalue weighted by atomic mass is 9.52. The molecule has 4 heteroatoms. The number of likely N-dealkylation sites (tertiary alicyclic amines) is 1. The normalized spacial score (nSPS) is 39.1. The molecule has 160 valence electrons. The summed E-state index contributed by atoms with van der Waals surface area (Å²) in [4.78, 5) is 2.58. The monoisotopic (exact) mass is 396 g/mol. The summed E-state index contributed by atoms with van der Waals surface area (Å²) in [6.45, 7) is 13.7. The number of nitriles is 1. The van der Waals surface area contributed by atoms with E-state index in [0.29, 0.717) is 17.9 Å². The number of nitrogens with zero attached hydrogens (tertiary/aromatic N) is 3. The Balaban J connectivity index is 1.78. The summed E-state index contributed by atoms with van der Waals surface area (Å²) < 4.78 is 0.744. The van der Waals surface area contributed by atoms with Gasteiger partial charge in [0.25, 0.3) is 0 Å². The van der Waals surface area contributed by atoms with Gasteiger partial charge in [-0.15, -0.1) is 0 Å². The molecule has 3 nitrogen and oxygen atoms in total. The fourth-order valence-corrected chi connectivity index (χ4v) is 7.08. The van der Waals surface area contributed by atoms with Crippen molar-refractivity contribution in [3.63, 3.8) is 0 Å². The summed E-state index contributed by atoms with van der Waals surface area (Å²) in [6.07, 6.45) is 13.8. The maximum Gasteiger partial charge on any atom is 0.481 e. The molecule has 0 aromatic heterocycles. The lowest BCUT2D eigenvalue weighted by Crippen LogP contribution is -2.73. The predicted molar refractivity (Wildman–Crippen MR) is 122 cm³/mol. The van der Waals surface area contributed by atoms with Gasteiger partial charge in [-0.05, 0) is 38.5 Å². The summed E-state index contributed by atoms with van der Waals surface area (Å²) >= 11 is 0. The van der Waals surface area contributed by atoms with Crippen LogP contribution in [0.25, 0.3) is 0 Å². The highest BCUT2D eigenvalue weighted by atomic mass is 15.3. The molecule has 4 rings (SSSR count). The Bertz CT molecular complexity index is 626. The third-order valence-electron chi connectivity index (χ3n) is 8.28. The van der Waals surface area contributed by atoms with Gasteiger partial charge in [0, 0.05) is 23.9 Å². The van der Waals surface area contributed by atoms with Crippen LogP contribution in [-0.4, -0.2) is 55.5 Å². The highest BCUT2D eigenvalue weighted by molar-refractivity contribution is 5.97. The van der Waals surface area contributed by atoms with E-state index in [1.165, 1.54) is 63.4 Å². The molecule has 2 saturated heterocycles. The molecule has 3 aliphatic heterocycles. The zero-order valence-electron chi connectivity index (χ0n) is 19.5. The number of hydrogen-bond acceptors (Lipinski definition) is 2. The summed E-state index contributed by atoms with van der Waals surface area (Å²) in [5, 5.41) is 10.1. The summed E-state index contributed by atoms with van der Waals surface area (Å²) in [6, 6.07) is 3.16. The lowest BCUT2D eigenvalue weighted by Gasteiger charge is -2.65. The van der Waals surface area contributed by atoms with Crippen molar-refractivity contribution in [3.8, 4) is 6.07 Å². The van der Waals surface area contributed by atoms with E-state index in [9.17, 15) is 5.26 Å². The second-order valence-electron chi connectivity index (χ2n) is 10.5. The molecule has 3 heterocycles. The first kappa shape index (κ1) is 22.9. The number of quaternary nitrogens is 1. The van der Waals surface area contributed by atoms with Crippen LogP contribution in [0.15, 0.2) is 11.6 Å². The minimum absolute atomic E-state index is 0.0609. The van der Waals surface area contributed by atoms with Gasteiger partial charge in [-0.3, -0.25) is 4.90 Å². The van der Waals surface area contributed by atoms with Gasteiger partial charge in [-0.25, -0.2) is 0 Å². The highest BCUT2D eigenvalue weighted by Crippen LogP contribution is 2.57. The molecule has 1 aliphatic carbocycles. The zero-order valence-corrected chi connectivity index (χ0v) is 19.5. The number of piperidine rings is 2. The van der Waals surface area contributed by atoms with E-state index in [0.717, 1.165) is 30.6 Å². The second kappa shape index (κ2) is 9.57. The van der Waals surface area contributed by atoms with Crippen molar-refractivity contribution in [2.45, 2.75) is 97.6 Å². The summed E-state index contributed by atoms with van der Waals surface area (Å²) in [7, 11) is 7.00. The first-order chi connectivity index (χ1) is 13.9. The average molecular weight is 396 g/mol. The van der Waals surface area contributed by atoms with Crippen molar-refractivity contribution in [2.75, 3.05) is 26.2 Å². The average Bonchev–Trinajstić information content (AvgIpc) is 2.67. The molecule has 2 fully saturated rings. The van der Waals surface area contributed by atoms with Crippen LogP contribution in [0.4, 0.5) is 0 Å². The molecule has 2 radical (unpaired) electrons. The van der Waals surface area contributed by atoms with E-state index in [1.54, 1.807) is 0 Å². The van der Waals surface area contributed by atoms with E-state index >= 15 is 0 Å². The van der Waals surface area contributed by atoms with Crippen molar-refractivity contribution in [3.05, 3.63) is 11.6 Å². The molecule has 6 atom stereocenters. The fourth-order valence-electron chi connectivity index (χ4n) is 7.08. The van der Waals surface area contributed by atoms with Gasteiger partial charge in [0.2, 0.25) is 0 Å². The SMILES string of the molecule is [B][N@@+]1(CCCCCC)CC[C@H]2[C@H]3C=C(C)[C@H](N(CCCCCC)[C@H]3C#N)[C@@]2(C)C1. The van der Waals surface area contributed by atoms with Gasteiger partial charge in [0.1, 0.15) is 6.04 Å². The minimum atomic E-state index is 0.0609. The topological polar surface area (TPSA) is 27.0 Å². The van der Waals surface area contributed by atoms with Gasteiger partial charge in [0.15, 0.2) is 0 Å². The van der Waals surface area contributed by atoms with Gasteiger partial charge < -0.3 is 4.39 Å². The van der Waals surface area contributed by atoms with Gasteiger partial charge >= 0.3 is 7.98 Å². The largest absolute Gasteiger partial charge is 0.481 e. The van der Waals surface area contributed by atoms with E-state index in [1.807, 2.05) is 0 Å². The van der Waals surface area contributed by atoms with Gasteiger partial charge in [0.05, 0.1) is 25.7 Å². The molecule has 4 aliphatic rings. The van der Waals surface area contributed by atoms with Crippen molar-refractivity contribution < 1.29 is 4.39 Å². The van der Waals surface area contributed by atoms with Crippen LogP contribution in [0.1, 0.15) is 85.5 Å². The van der Waals surface area contributed by atoms with Crippen LogP contribution in [0, 0.1) is 28.6 Å². The van der Waals surface area contributed by atoms with Gasteiger partial charge in [-0.1, -0.05) is 64.5 Å². The van der Waals surface area contributed by atoms with Gasteiger partial charge in [-0.2, -0.15) is 5.26 Å². The molecule has 0 saturated carbocycles. The third-order valence-corrected chi connectivity index (χ3v) is 8.28. The van der Waals surface area contributed by atoms with E-state index < -0.39 is 0 Å². The predicted octanol–water partition coefficient (Wildman–Crippen LogP) is 5.23. The molecular formula is C25H43BN3+. The van der Waals surface area contributed by atoms with Crippen molar-refractivity contribution in [1.82, 2.24) is 4.90 Å². The van der Waals surface area contributed by atoms with E-state index in [4.69, 9.17) is 7.98 Å². The molecule has 2 bridgehead atoms. The molecule has 29 heavy (non-hydrogen) atoms. The fraction of sp³-hybridized carbons (Fsp3) is 0.880. The molecule has 0 aromatic rings. The Morgan fingerprint density at radius 3 is 2.52 bits per heavy atom. The Morgan fingerprint density at radius 2 is 1.86 bits per heavy atom. The van der Waals surface area contributed by atoms with E-state index in [2.05, 4.69) is 44.7 Å². The molecule has 0 N–H and O–H groups in total. The van der Waals surface area contributed by atoms with Crippen LogP contribution in [0.2, 0.25) is 0 Å². The highest BCUT2D eigenvalue weighted by Gasteiger charge is 2.62. The summed E-state index contributed by atoms with van der Waals surface area (Å²) in [5.41, 5.74) is 1.69. The molecule has 0 unspecified atom stereocenters. The first-order valence-corrected chi connectivity index (χ1v) is 12.4. The Morgan fingerprint density at radius 1 is 1.17 bits per heavy atom. The van der Waals surface area contributed by atoms with Crippen LogP contribution in [-0.2, 0) is 0 Å².